The van der Waals surface area contributed by atoms with Crippen LogP contribution in [0.3, 0.4) is 0 Å². The van der Waals surface area contributed by atoms with E-state index in [2.05, 4.69) is 10.6 Å². The number of anilines is 1. The summed E-state index contributed by atoms with van der Waals surface area (Å²) < 4.78 is 10.5. The maximum absolute atomic E-state index is 13.6. The Labute approximate surface area is 209 Å². The Morgan fingerprint density at radius 3 is 2.66 bits per heavy atom. The average molecular weight is 509 g/mol. The minimum absolute atomic E-state index is 0.00188. The Hall–Kier alpha value is -2.85. The molecular formula is C24H33ClN4O6. The molecule has 10 nitrogen and oxygen atoms in total. The molecule has 2 heterocycles. The normalized spacial score (nSPS) is 23.1. The lowest BCUT2D eigenvalue weighted by atomic mass is 9.85. The summed E-state index contributed by atoms with van der Waals surface area (Å²) in [6.45, 7) is 7.98. The van der Waals surface area contributed by atoms with Gasteiger partial charge < -0.3 is 30.7 Å². The summed E-state index contributed by atoms with van der Waals surface area (Å²) in [6.07, 6.45) is 0.255. The number of ether oxygens (including phenoxy) is 2. The van der Waals surface area contributed by atoms with Gasteiger partial charge in [0.05, 0.1) is 17.1 Å². The molecule has 2 aliphatic rings. The minimum atomic E-state index is -0.896. The molecular weight excluding hydrogens is 476 g/mol. The predicted octanol–water partition coefficient (Wildman–Crippen LogP) is 1.85. The van der Waals surface area contributed by atoms with Crippen LogP contribution in [0.4, 0.5) is 5.69 Å². The van der Waals surface area contributed by atoms with E-state index in [1.807, 2.05) is 20.8 Å². The molecule has 1 aromatic rings. The Morgan fingerprint density at radius 1 is 1.31 bits per heavy atom. The van der Waals surface area contributed by atoms with Crippen LogP contribution >= 0.6 is 11.6 Å². The van der Waals surface area contributed by atoms with Crippen LogP contribution < -0.4 is 16.4 Å². The highest BCUT2D eigenvalue weighted by Gasteiger charge is 2.44. The van der Waals surface area contributed by atoms with Crippen LogP contribution in [-0.2, 0) is 23.9 Å². The van der Waals surface area contributed by atoms with Crippen molar-refractivity contribution in [3.05, 3.63) is 28.8 Å². The fourth-order valence-electron chi connectivity index (χ4n) is 4.25. The Kier molecular flexibility index (Phi) is 8.27. The molecule has 2 saturated heterocycles. The number of hydrogen-bond acceptors (Lipinski definition) is 7. The number of halogens is 1. The second-order valence-corrected chi connectivity index (χ2v) is 10.2. The van der Waals surface area contributed by atoms with Crippen LogP contribution in [-0.4, -0.2) is 66.2 Å². The van der Waals surface area contributed by atoms with Gasteiger partial charge in [-0.3, -0.25) is 19.2 Å². The lowest BCUT2D eigenvalue weighted by molar-refractivity contribution is -0.164. The van der Waals surface area contributed by atoms with E-state index >= 15 is 0 Å². The van der Waals surface area contributed by atoms with Crippen molar-refractivity contribution in [2.24, 2.45) is 5.41 Å². The van der Waals surface area contributed by atoms with E-state index < -0.39 is 41.7 Å². The molecule has 35 heavy (non-hydrogen) atoms. The summed E-state index contributed by atoms with van der Waals surface area (Å²) in [5.74, 6) is -1.66. The van der Waals surface area contributed by atoms with Gasteiger partial charge in [0.2, 0.25) is 18.1 Å². The molecule has 0 spiro atoms. The fraction of sp³-hybridized carbons (Fsp3) is 0.583. The van der Waals surface area contributed by atoms with Gasteiger partial charge in [-0.05, 0) is 43.4 Å². The average Bonchev–Trinajstić information content (AvgIpc) is 3.39. The van der Waals surface area contributed by atoms with Crippen molar-refractivity contribution in [2.45, 2.75) is 71.4 Å². The van der Waals surface area contributed by atoms with Gasteiger partial charge >= 0.3 is 5.97 Å². The Bertz CT molecular complexity index is 995. The molecule has 3 amide bonds. The number of amides is 3. The van der Waals surface area contributed by atoms with Gasteiger partial charge in [-0.25, -0.2) is 0 Å². The molecule has 4 atom stereocenters. The number of hydrogen-bond donors (Lipinski definition) is 3. The van der Waals surface area contributed by atoms with Crippen LogP contribution in [0.2, 0.25) is 5.02 Å². The summed E-state index contributed by atoms with van der Waals surface area (Å²) in [6, 6.07) is 2.26. The first-order chi connectivity index (χ1) is 16.4. The topological polar surface area (TPSA) is 140 Å². The molecule has 1 aromatic carbocycles. The van der Waals surface area contributed by atoms with Crippen LogP contribution in [0.25, 0.3) is 0 Å². The zero-order chi connectivity index (χ0) is 25.9. The first-order valence-corrected chi connectivity index (χ1v) is 12.1. The van der Waals surface area contributed by atoms with Gasteiger partial charge in [0.25, 0.3) is 5.91 Å². The first-order valence-electron chi connectivity index (χ1n) is 11.7. The lowest BCUT2D eigenvalue weighted by Crippen LogP contribution is -2.58. The molecule has 0 bridgehead atoms. The van der Waals surface area contributed by atoms with Crippen molar-refractivity contribution in [3.8, 4) is 0 Å². The molecule has 2 fully saturated rings. The van der Waals surface area contributed by atoms with E-state index in [0.29, 0.717) is 31.7 Å². The van der Waals surface area contributed by atoms with Gasteiger partial charge in [0, 0.05) is 18.7 Å². The number of benzene rings is 1. The molecule has 3 rings (SSSR count). The van der Waals surface area contributed by atoms with E-state index in [0.717, 1.165) is 0 Å². The number of nitrogens with zero attached hydrogens (tertiary/aromatic N) is 1. The molecule has 1 unspecified atom stereocenters. The quantitative estimate of drug-likeness (QED) is 0.377. The SMILES string of the molecule is CCO[C@H]1OC(=O)CC1NC(=O)[C@@H]1CCCN1C(=O)[C@H](NC(=O)c1ccc(N)c(Cl)c1)C(C)(C)C. The fourth-order valence-corrected chi connectivity index (χ4v) is 4.43. The van der Waals surface area contributed by atoms with Crippen molar-refractivity contribution in [1.82, 2.24) is 15.5 Å². The van der Waals surface area contributed by atoms with E-state index in [4.69, 9.17) is 26.8 Å². The second kappa shape index (κ2) is 10.8. The molecule has 4 N–H and O–H groups in total. The molecule has 0 radical (unpaired) electrons. The lowest BCUT2D eigenvalue weighted by Gasteiger charge is -2.35. The van der Waals surface area contributed by atoms with E-state index in [9.17, 15) is 19.2 Å². The van der Waals surface area contributed by atoms with E-state index in [1.54, 1.807) is 6.92 Å². The van der Waals surface area contributed by atoms with Gasteiger partial charge in [-0.2, -0.15) is 0 Å². The number of carbonyl (C=O) groups excluding carboxylic acids is 4. The van der Waals surface area contributed by atoms with Crippen LogP contribution in [0, 0.1) is 5.41 Å². The zero-order valence-electron chi connectivity index (χ0n) is 20.4. The van der Waals surface area contributed by atoms with Gasteiger partial charge in [0.1, 0.15) is 18.1 Å². The predicted molar refractivity (Wildman–Crippen MR) is 129 cm³/mol. The standard InChI is InChI=1S/C24H33ClN4O6/c1-5-34-23-16(12-18(30)35-23)27-21(32)17-7-6-10-29(17)22(33)19(24(2,3)4)28-20(31)13-8-9-15(26)14(25)11-13/h8-9,11,16-17,19,23H,5-7,10,12,26H2,1-4H3,(H,27,32)(H,28,31)/t16?,17-,19-,23-/m0/s1. The van der Waals surface area contributed by atoms with Crippen molar-refractivity contribution in [3.63, 3.8) is 0 Å². The summed E-state index contributed by atoms with van der Waals surface area (Å²) in [7, 11) is 0. The number of rotatable bonds is 7. The Morgan fingerprint density at radius 2 is 2.03 bits per heavy atom. The highest BCUT2D eigenvalue weighted by atomic mass is 35.5. The number of carbonyl (C=O) groups is 4. The van der Waals surface area contributed by atoms with Crippen molar-refractivity contribution >= 4 is 41.0 Å². The van der Waals surface area contributed by atoms with Crippen LogP contribution in [0.1, 0.15) is 57.3 Å². The smallest absolute Gasteiger partial charge is 0.310 e. The first kappa shape index (κ1) is 26.7. The summed E-state index contributed by atoms with van der Waals surface area (Å²) in [5, 5.41) is 5.86. The van der Waals surface area contributed by atoms with E-state index in [-0.39, 0.29) is 28.8 Å². The van der Waals surface area contributed by atoms with Crippen molar-refractivity contribution in [2.75, 3.05) is 18.9 Å². The van der Waals surface area contributed by atoms with E-state index in [1.165, 1.54) is 23.1 Å². The highest BCUT2D eigenvalue weighted by molar-refractivity contribution is 6.33. The van der Waals surface area contributed by atoms with Gasteiger partial charge in [0.15, 0.2) is 0 Å². The third-order valence-electron chi connectivity index (χ3n) is 6.11. The minimum Gasteiger partial charge on any atom is -0.433 e. The molecule has 0 aliphatic carbocycles. The Balaban J connectivity index is 1.74. The van der Waals surface area contributed by atoms with Crippen LogP contribution in [0.5, 0.6) is 0 Å². The number of nitrogens with one attached hydrogen (secondary N) is 2. The monoisotopic (exact) mass is 508 g/mol. The van der Waals surface area contributed by atoms with Crippen molar-refractivity contribution in [1.29, 1.82) is 0 Å². The zero-order valence-corrected chi connectivity index (χ0v) is 21.2. The van der Waals surface area contributed by atoms with Gasteiger partial charge in [-0.1, -0.05) is 32.4 Å². The maximum atomic E-state index is 13.6. The second-order valence-electron chi connectivity index (χ2n) is 9.83. The summed E-state index contributed by atoms with van der Waals surface area (Å²) in [5.41, 5.74) is 5.71. The highest BCUT2D eigenvalue weighted by Crippen LogP contribution is 2.27. The number of likely N-dealkylation sites (tertiary alicyclic amines) is 1. The molecule has 11 heteroatoms. The number of esters is 1. The summed E-state index contributed by atoms with van der Waals surface area (Å²) in [4.78, 5) is 52.9. The van der Waals surface area contributed by atoms with Crippen LogP contribution in [0.15, 0.2) is 18.2 Å². The van der Waals surface area contributed by atoms with Crippen molar-refractivity contribution < 1.29 is 28.7 Å². The third kappa shape index (κ3) is 6.24. The summed E-state index contributed by atoms with van der Waals surface area (Å²) >= 11 is 6.05. The number of cyclic esters (lactones) is 1. The number of nitrogens with two attached hydrogens (primary N) is 1. The molecule has 192 valence electrons. The number of nitrogen functional groups attached to an aromatic ring is 1. The largest absolute Gasteiger partial charge is 0.433 e. The maximum Gasteiger partial charge on any atom is 0.310 e. The van der Waals surface area contributed by atoms with Gasteiger partial charge in [-0.15, -0.1) is 0 Å². The third-order valence-corrected chi connectivity index (χ3v) is 6.44. The molecule has 2 aliphatic heterocycles. The molecule has 0 saturated carbocycles. The molecule has 0 aromatic heterocycles.